The molecule has 1 heterocycles. The summed E-state index contributed by atoms with van der Waals surface area (Å²) < 4.78 is 35.0. The Bertz CT molecular complexity index is 944. The van der Waals surface area contributed by atoms with Crippen LogP contribution >= 0.6 is 0 Å². The third-order valence-electron chi connectivity index (χ3n) is 4.07. The lowest BCUT2D eigenvalue weighted by Crippen LogP contribution is -2.00. The summed E-state index contributed by atoms with van der Waals surface area (Å²) in [5, 5.41) is 7.60. The quantitative estimate of drug-likeness (QED) is 0.772. The molecule has 0 N–H and O–H groups in total. The number of benzene rings is 2. The van der Waals surface area contributed by atoms with Gasteiger partial charge in [-0.15, -0.1) is 10.2 Å². The van der Waals surface area contributed by atoms with E-state index in [4.69, 9.17) is 18.9 Å². The molecule has 0 radical (unpaired) electrons. The molecule has 2 aromatic carbocycles. The summed E-state index contributed by atoms with van der Waals surface area (Å²) in [4.78, 5) is 12.3. The first-order valence-corrected chi connectivity index (χ1v) is 7.88. The molecule has 0 bridgehead atoms. The van der Waals surface area contributed by atoms with Crippen LogP contribution in [0.5, 0.6) is 23.0 Å². The molecule has 1 amide bonds. The van der Waals surface area contributed by atoms with Crippen molar-refractivity contribution in [3.8, 4) is 23.0 Å². The van der Waals surface area contributed by atoms with E-state index >= 15 is 0 Å². The molecular formula is C19H17FN2O5. The van der Waals surface area contributed by atoms with Crippen LogP contribution < -0.4 is 18.9 Å². The average Bonchev–Trinajstić information content (AvgIpc) is 3.08. The van der Waals surface area contributed by atoms with Gasteiger partial charge < -0.3 is 18.9 Å². The van der Waals surface area contributed by atoms with Crippen LogP contribution in [-0.2, 0) is 4.79 Å². The van der Waals surface area contributed by atoms with Gasteiger partial charge >= 0.3 is 0 Å². The maximum atomic E-state index is 14.1. The summed E-state index contributed by atoms with van der Waals surface area (Å²) in [6.45, 7) is 0. The molecule has 1 aliphatic heterocycles. The molecule has 7 nitrogen and oxygen atoms in total. The first-order valence-electron chi connectivity index (χ1n) is 7.88. The Balaban J connectivity index is 2.20. The molecule has 1 aliphatic rings. The fourth-order valence-corrected chi connectivity index (χ4v) is 2.80. The highest BCUT2D eigenvalue weighted by Gasteiger charge is 2.27. The van der Waals surface area contributed by atoms with E-state index < -0.39 is 11.7 Å². The van der Waals surface area contributed by atoms with Gasteiger partial charge in [0.2, 0.25) is 5.75 Å². The van der Waals surface area contributed by atoms with Crippen LogP contribution in [0.15, 0.2) is 40.6 Å². The molecule has 3 rings (SSSR count). The molecule has 0 spiro atoms. The predicted molar refractivity (Wildman–Crippen MR) is 95.7 cm³/mol. The second-order valence-corrected chi connectivity index (χ2v) is 5.49. The van der Waals surface area contributed by atoms with Crippen molar-refractivity contribution in [2.75, 3.05) is 28.4 Å². The Kier molecular flexibility index (Phi) is 5.07. The molecule has 0 saturated heterocycles. The SMILES string of the molecule is COc1ccc(C2=C(c3cc(OC)c(OC)c(OC)c3)N=NC2=O)cc1F. The number of azo groups is 1. The molecule has 0 unspecified atom stereocenters. The molecule has 27 heavy (non-hydrogen) atoms. The number of amides is 1. The standard InChI is InChI=1S/C19H17FN2O5/c1-24-13-6-5-10(7-12(13)20)16-17(21-22-19(16)23)11-8-14(25-2)18(27-4)15(9-11)26-3/h5-9H,1-4H3. The van der Waals surface area contributed by atoms with Crippen molar-refractivity contribution in [2.24, 2.45) is 10.2 Å². The van der Waals surface area contributed by atoms with Gasteiger partial charge in [0.1, 0.15) is 5.70 Å². The van der Waals surface area contributed by atoms with Gasteiger partial charge in [-0.1, -0.05) is 6.07 Å². The Morgan fingerprint density at radius 1 is 0.778 bits per heavy atom. The maximum Gasteiger partial charge on any atom is 0.298 e. The van der Waals surface area contributed by atoms with Crippen molar-refractivity contribution >= 4 is 17.2 Å². The van der Waals surface area contributed by atoms with Gasteiger partial charge in [0.15, 0.2) is 23.1 Å². The zero-order valence-corrected chi connectivity index (χ0v) is 15.2. The first-order chi connectivity index (χ1) is 13.0. The Labute approximate surface area is 155 Å². The van der Waals surface area contributed by atoms with Gasteiger partial charge in [-0.05, 0) is 29.8 Å². The third kappa shape index (κ3) is 3.21. The fourth-order valence-electron chi connectivity index (χ4n) is 2.80. The van der Waals surface area contributed by atoms with Gasteiger partial charge in [0, 0.05) is 5.56 Å². The highest BCUT2D eigenvalue weighted by Crippen LogP contribution is 2.43. The topological polar surface area (TPSA) is 78.7 Å². The number of carbonyl (C=O) groups excluding carboxylic acids is 1. The molecule has 0 saturated carbocycles. The van der Waals surface area contributed by atoms with Crippen LogP contribution in [0.25, 0.3) is 11.3 Å². The van der Waals surface area contributed by atoms with E-state index in [0.29, 0.717) is 28.4 Å². The monoisotopic (exact) mass is 372 g/mol. The number of hydrogen-bond donors (Lipinski definition) is 0. The second kappa shape index (κ2) is 7.45. The lowest BCUT2D eigenvalue weighted by atomic mass is 9.99. The van der Waals surface area contributed by atoms with E-state index in [1.54, 1.807) is 18.2 Å². The van der Waals surface area contributed by atoms with Crippen molar-refractivity contribution in [1.82, 2.24) is 0 Å². The lowest BCUT2D eigenvalue weighted by molar-refractivity contribution is -0.112. The largest absolute Gasteiger partial charge is 0.494 e. The van der Waals surface area contributed by atoms with Crippen LogP contribution in [0.1, 0.15) is 11.1 Å². The van der Waals surface area contributed by atoms with Crippen LogP contribution in [0.4, 0.5) is 4.39 Å². The van der Waals surface area contributed by atoms with Gasteiger partial charge in [-0.3, -0.25) is 4.79 Å². The smallest absolute Gasteiger partial charge is 0.298 e. The molecule has 0 fully saturated rings. The van der Waals surface area contributed by atoms with E-state index in [0.717, 1.165) is 0 Å². The van der Waals surface area contributed by atoms with Gasteiger partial charge in [-0.2, -0.15) is 0 Å². The normalized spacial score (nSPS) is 13.1. The van der Waals surface area contributed by atoms with Crippen LogP contribution in [0.2, 0.25) is 0 Å². The molecule has 140 valence electrons. The van der Waals surface area contributed by atoms with E-state index in [1.807, 2.05) is 0 Å². The van der Waals surface area contributed by atoms with Crippen molar-refractivity contribution < 1.29 is 28.1 Å². The second-order valence-electron chi connectivity index (χ2n) is 5.49. The number of carbonyl (C=O) groups is 1. The predicted octanol–water partition coefficient (Wildman–Crippen LogP) is 3.72. The molecule has 2 aromatic rings. The molecular weight excluding hydrogens is 355 g/mol. The average molecular weight is 372 g/mol. The minimum absolute atomic E-state index is 0.0769. The zero-order chi connectivity index (χ0) is 19.6. The summed E-state index contributed by atoms with van der Waals surface area (Å²) in [7, 11) is 5.82. The molecule has 0 atom stereocenters. The zero-order valence-electron chi connectivity index (χ0n) is 15.2. The first kappa shape index (κ1) is 18.4. The highest BCUT2D eigenvalue weighted by molar-refractivity contribution is 6.29. The number of methoxy groups -OCH3 is 4. The van der Waals surface area contributed by atoms with Crippen molar-refractivity contribution in [3.63, 3.8) is 0 Å². The lowest BCUT2D eigenvalue weighted by Gasteiger charge is -2.14. The minimum Gasteiger partial charge on any atom is -0.494 e. The number of nitrogens with zero attached hydrogens (tertiary/aromatic N) is 2. The van der Waals surface area contributed by atoms with Gasteiger partial charge in [0.25, 0.3) is 5.91 Å². The van der Waals surface area contributed by atoms with Crippen LogP contribution in [-0.4, -0.2) is 34.3 Å². The third-order valence-corrected chi connectivity index (χ3v) is 4.07. The van der Waals surface area contributed by atoms with Gasteiger partial charge in [-0.25, -0.2) is 4.39 Å². The maximum absolute atomic E-state index is 14.1. The van der Waals surface area contributed by atoms with Crippen molar-refractivity contribution in [2.45, 2.75) is 0 Å². The molecule has 8 heteroatoms. The minimum atomic E-state index is -0.591. The number of rotatable bonds is 6. The van der Waals surface area contributed by atoms with E-state index in [1.165, 1.54) is 40.6 Å². The summed E-state index contributed by atoms with van der Waals surface area (Å²) in [6, 6.07) is 7.52. The van der Waals surface area contributed by atoms with E-state index in [2.05, 4.69) is 10.2 Å². The Morgan fingerprint density at radius 3 is 1.93 bits per heavy atom. The van der Waals surface area contributed by atoms with Crippen molar-refractivity contribution in [3.05, 3.63) is 47.3 Å². The molecule has 0 aliphatic carbocycles. The van der Waals surface area contributed by atoms with E-state index in [9.17, 15) is 9.18 Å². The summed E-state index contributed by atoms with van der Waals surface area (Å²) in [5.41, 5.74) is 1.31. The Hall–Kier alpha value is -3.42. The number of hydrogen-bond acceptors (Lipinski definition) is 6. The summed E-state index contributed by atoms with van der Waals surface area (Å²) >= 11 is 0. The van der Waals surface area contributed by atoms with Crippen LogP contribution in [0, 0.1) is 5.82 Å². The number of halogens is 1. The molecule has 0 aromatic heterocycles. The summed E-state index contributed by atoms with van der Waals surface area (Å²) in [6.07, 6.45) is 0. The van der Waals surface area contributed by atoms with Gasteiger partial charge in [0.05, 0.1) is 34.0 Å². The highest BCUT2D eigenvalue weighted by atomic mass is 19.1. The van der Waals surface area contributed by atoms with E-state index in [-0.39, 0.29) is 17.0 Å². The number of ether oxygens (including phenoxy) is 4. The summed E-state index contributed by atoms with van der Waals surface area (Å²) in [5.74, 6) is 0.119. The van der Waals surface area contributed by atoms with Crippen LogP contribution in [0.3, 0.4) is 0 Å². The Morgan fingerprint density at radius 2 is 1.41 bits per heavy atom. The van der Waals surface area contributed by atoms with Crippen molar-refractivity contribution in [1.29, 1.82) is 0 Å². The fraction of sp³-hybridized carbons (Fsp3) is 0.211.